The van der Waals surface area contributed by atoms with Gasteiger partial charge in [0.1, 0.15) is 0 Å². The maximum Gasteiger partial charge on any atom is 0.246 e. The van der Waals surface area contributed by atoms with E-state index in [0.29, 0.717) is 42.7 Å². The van der Waals surface area contributed by atoms with E-state index in [-0.39, 0.29) is 22.6 Å². The van der Waals surface area contributed by atoms with Gasteiger partial charge in [0.25, 0.3) is 0 Å². The summed E-state index contributed by atoms with van der Waals surface area (Å²) in [6.07, 6.45) is 13.7. The van der Waals surface area contributed by atoms with Crippen molar-refractivity contribution < 1.29 is 9.59 Å². The molecule has 4 unspecified atom stereocenters. The van der Waals surface area contributed by atoms with Gasteiger partial charge in [0.05, 0.1) is 12.2 Å². The van der Waals surface area contributed by atoms with Gasteiger partial charge in [-0.3, -0.25) is 14.6 Å². The van der Waals surface area contributed by atoms with Gasteiger partial charge >= 0.3 is 0 Å². The third kappa shape index (κ3) is 3.69. The monoisotopic (exact) mass is 485 g/mol. The fraction of sp³-hybridized carbons (Fsp3) is 0.581. The van der Waals surface area contributed by atoms with Gasteiger partial charge in [-0.2, -0.15) is 0 Å². The van der Waals surface area contributed by atoms with Crippen LogP contribution in [0.5, 0.6) is 0 Å². The molecule has 6 rings (SSSR count). The van der Waals surface area contributed by atoms with Crippen molar-refractivity contribution in [2.75, 3.05) is 7.05 Å². The first-order valence-electron chi connectivity index (χ1n) is 13.9. The van der Waals surface area contributed by atoms with Crippen LogP contribution in [-0.2, 0) is 16.1 Å². The predicted molar refractivity (Wildman–Crippen MR) is 142 cm³/mol. The smallest absolute Gasteiger partial charge is 0.246 e. The molecule has 7 atom stereocenters. The molecule has 3 saturated carbocycles. The van der Waals surface area contributed by atoms with Gasteiger partial charge in [0, 0.05) is 36.5 Å². The topological polar surface area (TPSA) is 62.3 Å². The van der Waals surface area contributed by atoms with Crippen molar-refractivity contribution in [3.05, 3.63) is 54.4 Å². The second-order valence-corrected chi connectivity index (χ2v) is 12.4. The van der Waals surface area contributed by atoms with Crippen LogP contribution in [0.1, 0.15) is 64.5 Å². The molecule has 3 aliphatic carbocycles. The summed E-state index contributed by atoms with van der Waals surface area (Å²) in [6.45, 7) is 5.36. The normalized spacial score (nSPS) is 37.4. The first-order chi connectivity index (χ1) is 17.3. The average Bonchev–Trinajstić information content (AvgIpc) is 3.21. The zero-order chi connectivity index (χ0) is 25.1. The molecular weight excluding hydrogens is 446 g/mol. The summed E-state index contributed by atoms with van der Waals surface area (Å²) >= 11 is 0. The summed E-state index contributed by atoms with van der Waals surface area (Å²) in [4.78, 5) is 31.9. The number of amides is 2. The Kier molecular flexibility index (Phi) is 5.73. The number of nitrogens with one attached hydrogen (secondary N) is 1. The molecule has 5 nitrogen and oxygen atoms in total. The molecule has 5 heteroatoms. The van der Waals surface area contributed by atoms with Gasteiger partial charge in [-0.25, -0.2) is 0 Å². The van der Waals surface area contributed by atoms with Gasteiger partial charge in [-0.05, 0) is 85.1 Å². The molecule has 2 amide bonds. The Morgan fingerprint density at radius 1 is 1.08 bits per heavy atom. The number of rotatable bonds is 4. The van der Waals surface area contributed by atoms with E-state index in [0.717, 1.165) is 29.3 Å². The van der Waals surface area contributed by atoms with Crippen molar-refractivity contribution in [3.8, 4) is 0 Å². The molecule has 1 N–H and O–H groups in total. The first-order valence-corrected chi connectivity index (χ1v) is 13.9. The van der Waals surface area contributed by atoms with E-state index in [9.17, 15) is 9.59 Å². The number of pyridine rings is 1. The van der Waals surface area contributed by atoms with Crippen LogP contribution < -0.4 is 5.32 Å². The predicted octanol–water partition coefficient (Wildman–Crippen LogP) is 5.50. The van der Waals surface area contributed by atoms with E-state index in [1.165, 1.54) is 25.7 Å². The van der Waals surface area contributed by atoms with Crippen molar-refractivity contribution in [1.29, 1.82) is 0 Å². The van der Waals surface area contributed by atoms with Gasteiger partial charge in [-0.1, -0.05) is 44.2 Å². The Hall–Kier alpha value is -2.69. The lowest BCUT2D eigenvalue weighted by Gasteiger charge is -2.60. The Morgan fingerprint density at radius 2 is 1.89 bits per heavy atom. The van der Waals surface area contributed by atoms with E-state index in [1.54, 1.807) is 0 Å². The van der Waals surface area contributed by atoms with Gasteiger partial charge < -0.3 is 10.2 Å². The van der Waals surface area contributed by atoms with Gasteiger partial charge in [0.15, 0.2) is 0 Å². The number of nitrogens with zero attached hydrogens (tertiary/aromatic N) is 2. The Bertz CT molecular complexity index is 1220. The Balaban J connectivity index is 1.12. The molecule has 0 bridgehead atoms. The number of carbonyl (C=O) groups is 2. The minimum atomic E-state index is 0.0786. The van der Waals surface area contributed by atoms with Crippen molar-refractivity contribution >= 4 is 22.6 Å². The number of aromatic nitrogens is 1. The number of hydrogen-bond donors (Lipinski definition) is 1. The van der Waals surface area contributed by atoms with E-state index in [1.807, 2.05) is 36.4 Å². The van der Waals surface area contributed by atoms with Crippen LogP contribution in [0.3, 0.4) is 0 Å². The fourth-order valence-corrected chi connectivity index (χ4v) is 8.89. The minimum absolute atomic E-state index is 0.0786. The van der Waals surface area contributed by atoms with Crippen molar-refractivity contribution in [2.45, 2.75) is 71.4 Å². The molecule has 36 heavy (non-hydrogen) atoms. The van der Waals surface area contributed by atoms with Crippen LogP contribution in [0.25, 0.3) is 10.8 Å². The maximum atomic E-state index is 13.1. The molecule has 3 fully saturated rings. The molecule has 1 aromatic heterocycles. The van der Waals surface area contributed by atoms with E-state index >= 15 is 0 Å². The highest BCUT2D eigenvalue weighted by molar-refractivity contribution is 5.89. The Labute approximate surface area is 214 Å². The largest absolute Gasteiger partial charge is 0.350 e. The van der Waals surface area contributed by atoms with Gasteiger partial charge in [0.2, 0.25) is 11.8 Å². The summed E-state index contributed by atoms with van der Waals surface area (Å²) in [5.41, 5.74) is 1.23. The molecular formula is C31H39N3O2. The van der Waals surface area contributed by atoms with Crippen molar-refractivity contribution in [2.24, 2.45) is 34.5 Å². The quantitative estimate of drug-likeness (QED) is 0.622. The van der Waals surface area contributed by atoms with Crippen LogP contribution in [0, 0.1) is 34.5 Å². The number of hydrogen-bond acceptors (Lipinski definition) is 3. The average molecular weight is 486 g/mol. The lowest BCUT2D eigenvalue weighted by atomic mass is 9.47. The highest BCUT2D eigenvalue weighted by Gasteiger charge is 2.60. The van der Waals surface area contributed by atoms with Crippen LogP contribution in [0.15, 0.2) is 48.7 Å². The molecule has 1 aliphatic heterocycles. The first kappa shape index (κ1) is 23.7. The van der Waals surface area contributed by atoms with E-state index in [2.05, 4.69) is 48.4 Å². The van der Waals surface area contributed by atoms with E-state index < -0.39 is 0 Å². The molecule has 0 radical (unpaired) electrons. The number of likely N-dealkylation sites (N-methyl/N-ethyl adjacent to an activating group) is 1. The minimum Gasteiger partial charge on any atom is -0.350 e. The summed E-state index contributed by atoms with van der Waals surface area (Å²) in [5.74, 6) is 2.78. The third-order valence-electron chi connectivity index (χ3n) is 10.9. The van der Waals surface area contributed by atoms with E-state index in [4.69, 9.17) is 0 Å². The second-order valence-electron chi connectivity index (χ2n) is 12.4. The number of fused-ring (bicyclic) bond motifs is 6. The zero-order valence-electron chi connectivity index (χ0n) is 21.9. The lowest BCUT2D eigenvalue weighted by molar-refractivity contribution is -0.139. The molecule has 4 aliphatic rings. The zero-order valence-corrected chi connectivity index (χ0v) is 21.9. The van der Waals surface area contributed by atoms with Crippen LogP contribution in [0.4, 0.5) is 0 Å². The summed E-state index contributed by atoms with van der Waals surface area (Å²) < 4.78 is 0. The Morgan fingerprint density at radius 3 is 2.72 bits per heavy atom. The van der Waals surface area contributed by atoms with Gasteiger partial charge in [-0.15, -0.1) is 0 Å². The molecule has 1 aromatic carbocycles. The van der Waals surface area contributed by atoms with Crippen molar-refractivity contribution in [1.82, 2.24) is 15.2 Å². The molecule has 2 aromatic rings. The van der Waals surface area contributed by atoms with Crippen LogP contribution >= 0.6 is 0 Å². The van der Waals surface area contributed by atoms with Crippen molar-refractivity contribution in [3.63, 3.8) is 0 Å². The number of benzene rings is 1. The molecule has 190 valence electrons. The third-order valence-corrected chi connectivity index (χ3v) is 10.9. The fourth-order valence-electron chi connectivity index (χ4n) is 8.89. The maximum absolute atomic E-state index is 13.1. The number of carbonyl (C=O) groups excluding carboxylic acids is 2. The SMILES string of the molecule is CN1C(=O)C=C[C@]2(C)C3CC[C@@]4(C)C(CC[C@@H]4CC(=O)NCc4cc5ccccc5cn4)C3CCC12. The standard InChI is InChI=1S/C31H39N3O2/c1-30-14-12-26-24(9-11-27-31(26,2)15-13-29(36)34(27)3)25(30)10-8-22(30)17-28(35)33-19-23-16-20-6-4-5-7-21(20)18-32-23/h4-7,13,15-16,18,22,24-27H,8-12,14,17,19H2,1-3H3,(H,33,35)/t22-,24?,25?,26?,27?,30-,31-/m1/s1. The lowest BCUT2D eigenvalue weighted by Crippen LogP contribution is -2.59. The summed E-state index contributed by atoms with van der Waals surface area (Å²) in [7, 11) is 1.99. The summed E-state index contributed by atoms with van der Waals surface area (Å²) in [6, 6.07) is 10.6. The molecule has 2 heterocycles. The molecule has 0 spiro atoms. The second kappa shape index (κ2) is 8.71. The van der Waals surface area contributed by atoms with Crippen LogP contribution in [0.2, 0.25) is 0 Å². The highest BCUT2D eigenvalue weighted by Crippen LogP contribution is 2.65. The summed E-state index contributed by atoms with van der Waals surface area (Å²) in [5, 5.41) is 5.45. The van der Waals surface area contributed by atoms with Crippen LogP contribution in [-0.4, -0.2) is 34.8 Å². The molecule has 0 saturated heterocycles. The highest BCUT2D eigenvalue weighted by atomic mass is 16.2.